The highest BCUT2D eigenvalue weighted by Gasteiger charge is 2.44. The van der Waals surface area contributed by atoms with Crippen LogP contribution in [0, 0.1) is 11.3 Å². The molecule has 0 saturated carbocycles. The highest BCUT2D eigenvalue weighted by atomic mass is 16.2. The van der Waals surface area contributed by atoms with E-state index in [1.54, 1.807) is 0 Å². The predicted octanol–water partition coefficient (Wildman–Crippen LogP) is 1.61. The lowest BCUT2D eigenvalue weighted by atomic mass is 9.75. The van der Waals surface area contributed by atoms with Crippen LogP contribution in [0.1, 0.15) is 46.5 Å². The van der Waals surface area contributed by atoms with E-state index < -0.39 is 0 Å². The highest BCUT2D eigenvalue weighted by Crippen LogP contribution is 2.34. The Bertz CT molecular complexity index is 316. The Labute approximate surface area is 123 Å². The minimum atomic E-state index is -0.180. The van der Waals surface area contributed by atoms with Gasteiger partial charge in [0.05, 0.1) is 5.41 Å². The summed E-state index contributed by atoms with van der Waals surface area (Å²) in [5.41, 5.74) is -0.180. The third-order valence-electron chi connectivity index (χ3n) is 5.21. The van der Waals surface area contributed by atoms with Crippen molar-refractivity contribution < 1.29 is 4.79 Å². The van der Waals surface area contributed by atoms with Crippen LogP contribution in [0.15, 0.2) is 0 Å². The third kappa shape index (κ3) is 3.34. The van der Waals surface area contributed by atoms with Crippen molar-refractivity contribution in [3.63, 3.8) is 0 Å². The summed E-state index contributed by atoms with van der Waals surface area (Å²) < 4.78 is 0. The third-order valence-corrected chi connectivity index (χ3v) is 5.21. The maximum Gasteiger partial charge on any atom is 0.228 e. The molecule has 4 heteroatoms. The second-order valence-corrected chi connectivity index (χ2v) is 6.83. The van der Waals surface area contributed by atoms with Crippen LogP contribution in [-0.4, -0.2) is 49.6 Å². The van der Waals surface area contributed by atoms with Crippen molar-refractivity contribution in [3.8, 4) is 0 Å². The van der Waals surface area contributed by atoms with Crippen molar-refractivity contribution in [1.82, 2.24) is 15.5 Å². The summed E-state index contributed by atoms with van der Waals surface area (Å²) in [5.74, 6) is 0.684. The fourth-order valence-electron chi connectivity index (χ4n) is 3.61. The van der Waals surface area contributed by atoms with Gasteiger partial charge in [0.25, 0.3) is 0 Å². The fourth-order valence-corrected chi connectivity index (χ4v) is 3.61. The van der Waals surface area contributed by atoms with Crippen molar-refractivity contribution in [2.45, 2.75) is 52.5 Å². The zero-order valence-electron chi connectivity index (χ0n) is 13.4. The zero-order valence-corrected chi connectivity index (χ0v) is 13.4. The summed E-state index contributed by atoms with van der Waals surface area (Å²) in [6.07, 6.45) is 4.41. The number of amides is 1. The summed E-state index contributed by atoms with van der Waals surface area (Å²) in [4.78, 5) is 15.2. The van der Waals surface area contributed by atoms with Crippen LogP contribution in [0.2, 0.25) is 0 Å². The normalized spacial score (nSPS) is 29.0. The largest absolute Gasteiger partial charge is 0.353 e. The molecule has 2 saturated heterocycles. The molecule has 1 amide bonds. The van der Waals surface area contributed by atoms with Crippen LogP contribution in [0.5, 0.6) is 0 Å². The van der Waals surface area contributed by atoms with Crippen LogP contribution in [0.25, 0.3) is 0 Å². The van der Waals surface area contributed by atoms with Crippen LogP contribution >= 0.6 is 0 Å². The monoisotopic (exact) mass is 281 g/mol. The number of carbonyl (C=O) groups excluding carboxylic acids is 1. The van der Waals surface area contributed by atoms with E-state index in [1.807, 2.05) is 0 Å². The quantitative estimate of drug-likeness (QED) is 0.805. The van der Waals surface area contributed by atoms with E-state index in [9.17, 15) is 4.79 Å². The number of nitrogens with zero attached hydrogens (tertiary/aromatic N) is 1. The summed E-state index contributed by atoms with van der Waals surface area (Å²) in [6.45, 7) is 11.9. The summed E-state index contributed by atoms with van der Waals surface area (Å²) in [6, 6.07) is 0.381. The zero-order chi connectivity index (χ0) is 14.6. The first-order chi connectivity index (χ1) is 9.58. The van der Waals surface area contributed by atoms with Gasteiger partial charge in [-0.25, -0.2) is 0 Å². The van der Waals surface area contributed by atoms with Gasteiger partial charge in [-0.15, -0.1) is 0 Å². The first-order valence-electron chi connectivity index (χ1n) is 8.32. The number of carbonyl (C=O) groups is 1. The van der Waals surface area contributed by atoms with Gasteiger partial charge in [0.2, 0.25) is 5.91 Å². The van der Waals surface area contributed by atoms with E-state index in [2.05, 4.69) is 36.3 Å². The van der Waals surface area contributed by atoms with Gasteiger partial charge in [0.15, 0.2) is 0 Å². The number of hydrogen-bond acceptors (Lipinski definition) is 3. The lowest BCUT2D eigenvalue weighted by Gasteiger charge is -2.36. The minimum Gasteiger partial charge on any atom is -0.353 e. The molecule has 0 aromatic carbocycles. The molecule has 2 fully saturated rings. The molecule has 20 heavy (non-hydrogen) atoms. The lowest BCUT2D eigenvalue weighted by Crippen LogP contribution is -2.52. The van der Waals surface area contributed by atoms with E-state index in [4.69, 9.17) is 0 Å². The number of nitrogens with one attached hydrogen (secondary N) is 2. The van der Waals surface area contributed by atoms with Crippen LogP contribution in [0.4, 0.5) is 0 Å². The number of piperidine rings is 1. The SMILES string of the molecule is CCCN1CCC(NC(=O)C2(C(C)C)CCNC2)CC1. The molecule has 1 unspecified atom stereocenters. The van der Waals surface area contributed by atoms with Crippen LogP contribution in [0.3, 0.4) is 0 Å². The molecule has 4 nitrogen and oxygen atoms in total. The molecule has 0 radical (unpaired) electrons. The average Bonchev–Trinajstić information content (AvgIpc) is 2.92. The van der Waals surface area contributed by atoms with Gasteiger partial charge in [0.1, 0.15) is 0 Å². The average molecular weight is 281 g/mol. The second kappa shape index (κ2) is 6.90. The molecule has 2 rings (SSSR count). The van der Waals surface area contributed by atoms with Crippen molar-refractivity contribution >= 4 is 5.91 Å². The summed E-state index contributed by atoms with van der Waals surface area (Å²) in [5, 5.41) is 6.71. The Morgan fingerprint density at radius 3 is 2.60 bits per heavy atom. The highest BCUT2D eigenvalue weighted by molar-refractivity contribution is 5.83. The molecule has 2 aliphatic rings. The minimum absolute atomic E-state index is 0.180. The molecular formula is C16H31N3O. The Hall–Kier alpha value is -0.610. The molecule has 0 aromatic rings. The van der Waals surface area contributed by atoms with Crippen molar-refractivity contribution in [2.75, 3.05) is 32.7 Å². The molecule has 2 N–H and O–H groups in total. The molecule has 2 heterocycles. The van der Waals surface area contributed by atoms with Crippen LogP contribution in [-0.2, 0) is 4.79 Å². The van der Waals surface area contributed by atoms with Crippen molar-refractivity contribution in [3.05, 3.63) is 0 Å². The number of rotatable bonds is 5. The van der Waals surface area contributed by atoms with Gasteiger partial charge in [-0.3, -0.25) is 4.79 Å². The van der Waals surface area contributed by atoms with Gasteiger partial charge in [-0.1, -0.05) is 20.8 Å². The van der Waals surface area contributed by atoms with Gasteiger partial charge >= 0.3 is 0 Å². The molecule has 0 bridgehead atoms. The van der Waals surface area contributed by atoms with Crippen molar-refractivity contribution in [2.24, 2.45) is 11.3 Å². The maximum absolute atomic E-state index is 12.7. The molecule has 0 aromatic heterocycles. The molecular weight excluding hydrogens is 250 g/mol. The molecule has 2 aliphatic heterocycles. The van der Waals surface area contributed by atoms with Gasteiger partial charge in [-0.2, -0.15) is 0 Å². The Morgan fingerprint density at radius 2 is 2.10 bits per heavy atom. The molecule has 0 aliphatic carbocycles. The van der Waals surface area contributed by atoms with E-state index in [0.717, 1.165) is 45.4 Å². The Balaban J connectivity index is 1.85. The van der Waals surface area contributed by atoms with E-state index in [1.165, 1.54) is 13.0 Å². The first-order valence-corrected chi connectivity index (χ1v) is 8.32. The second-order valence-electron chi connectivity index (χ2n) is 6.83. The molecule has 1 atom stereocenters. The summed E-state index contributed by atoms with van der Waals surface area (Å²) in [7, 11) is 0. The first kappa shape index (κ1) is 15.8. The molecule has 116 valence electrons. The van der Waals surface area contributed by atoms with Crippen molar-refractivity contribution in [1.29, 1.82) is 0 Å². The van der Waals surface area contributed by atoms with E-state index in [0.29, 0.717) is 12.0 Å². The molecule has 0 spiro atoms. The number of likely N-dealkylation sites (tertiary alicyclic amines) is 1. The maximum atomic E-state index is 12.7. The lowest BCUT2D eigenvalue weighted by molar-refractivity contribution is -0.133. The Morgan fingerprint density at radius 1 is 1.40 bits per heavy atom. The topological polar surface area (TPSA) is 44.4 Å². The smallest absolute Gasteiger partial charge is 0.228 e. The van der Waals surface area contributed by atoms with Gasteiger partial charge in [-0.05, 0) is 44.7 Å². The van der Waals surface area contributed by atoms with E-state index >= 15 is 0 Å². The standard InChI is InChI=1S/C16H31N3O/c1-4-9-19-10-5-14(6-11-19)18-15(20)16(13(2)3)7-8-17-12-16/h13-14,17H,4-12H2,1-3H3,(H,18,20). The van der Waals surface area contributed by atoms with Gasteiger partial charge < -0.3 is 15.5 Å². The fraction of sp³-hybridized carbons (Fsp3) is 0.938. The Kier molecular flexibility index (Phi) is 5.44. The number of hydrogen-bond donors (Lipinski definition) is 2. The predicted molar refractivity (Wildman–Crippen MR) is 82.7 cm³/mol. The van der Waals surface area contributed by atoms with Gasteiger partial charge in [0, 0.05) is 25.7 Å². The van der Waals surface area contributed by atoms with Crippen LogP contribution < -0.4 is 10.6 Å². The van der Waals surface area contributed by atoms with E-state index in [-0.39, 0.29) is 11.3 Å². The summed E-state index contributed by atoms with van der Waals surface area (Å²) >= 11 is 0.